The number of pyridine rings is 2. The van der Waals surface area contributed by atoms with Gasteiger partial charge in [-0.25, -0.2) is 4.98 Å². The zero-order chi connectivity index (χ0) is 34.2. The number of aryl methyl sites for hydroxylation is 1. The van der Waals surface area contributed by atoms with Crippen molar-refractivity contribution in [2.24, 2.45) is 0 Å². The smallest absolute Gasteiger partial charge is 0.254 e. The third kappa shape index (κ3) is 8.90. The number of amides is 2. The van der Waals surface area contributed by atoms with E-state index in [1.54, 1.807) is 42.5 Å². The predicted octanol–water partition coefficient (Wildman–Crippen LogP) is 6.14. The number of aliphatic hydroxyl groups excluding tert-OH is 1. The molecular weight excluding hydrogens is 621 g/mol. The highest BCUT2D eigenvalue weighted by Gasteiger charge is 2.26. The molecule has 0 saturated carbocycles. The van der Waals surface area contributed by atoms with Crippen molar-refractivity contribution in [2.75, 3.05) is 25.5 Å². The van der Waals surface area contributed by atoms with Crippen LogP contribution >= 0.6 is 11.3 Å². The van der Waals surface area contributed by atoms with Gasteiger partial charge in [-0.3, -0.25) is 19.6 Å². The zero-order valence-electron chi connectivity index (χ0n) is 28.0. The maximum atomic E-state index is 14.0. The minimum Gasteiger partial charge on any atom is -0.389 e. The normalized spacial score (nSPS) is 12.4. The maximum Gasteiger partial charge on any atom is 0.254 e. The Kier molecular flexibility index (Phi) is 11.3. The van der Waals surface area contributed by atoms with Crippen molar-refractivity contribution in [3.05, 3.63) is 130 Å². The molecule has 0 spiro atoms. The van der Waals surface area contributed by atoms with Crippen LogP contribution in [-0.2, 0) is 13.0 Å². The molecule has 5 rings (SSSR count). The molecule has 0 aliphatic rings. The fraction of sp³-hybridized carbons (Fsp3) is 0.289. The molecule has 0 saturated heterocycles. The Hall–Kier alpha value is -4.93. The number of hydrogen-bond donors (Lipinski definition) is 2. The highest BCUT2D eigenvalue weighted by molar-refractivity contribution is 7.09. The highest BCUT2D eigenvalue weighted by atomic mass is 32.1. The molecule has 0 unspecified atom stereocenters. The number of likely N-dealkylation sites (N-methyl/N-ethyl adjacent to an activating group) is 1. The van der Waals surface area contributed by atoms with Crippen LogP contribution in [-0.4, -0.2) is 69.6 Å². The maximum absolute atomic E-state index is 14.0. The first-order valence-electron chi connectivity index (χ1n) is 16.0. The summed E-state index contributed by atoms with van der Waals surface area (Å²) in [4.78, 5) is 44.7. The molecule has 2 amide bonds. The van der Waals surface area contributed by atoms with E-state index in [-0.39, 0.29) is 12.5 Å². The molecule has 2 atom stereocenters. The third-order valence-corrected chi connectivity index (χ3v) is 9.13. The number of anilines is 1. The van der Waals surface area contributed by atoms with E-state index in [2.05, 4.69) is 40.2 Å². The van der Waals surface area contributed by atoms with Gasteiger partial charge in [0, 0.05) is 60.8 Å². The second-order valence-electron chi connectivity index (χ2n) is 12.4. The second-order valence-corrected chi connectivity index (χ2v) is 13.3. The van der Waals surface area contributed by atoms with Gasteiger partial charge in [-0.1, -0.05) is 50.2 Å². The summed E-state index contributed by atoms with van der Waals surface area (Å²) in [7, 11) is 3.63. The number of rotatable bonds is 13. The molecule has 0 aliphatic heterocycles. The quantitative estimate of drug-likeness (QED) is 0.156. The van der Waals surface area contributed by atoms with Crippen LogP contribution in [0.1, 0.15) is 62.3 Å². The van der Waals surface area contributed by atoms with E-state index >= 15 is 0 Å². The summed E-state index contributed by atoms with van der Waals surface area (Å²) in [5, 5.41) is 17.5. The number of aromatic nitrogens is 3. The van der Waals surface area contributed by atoms with Gasteiger partial charge in [0.25, 0.3) is 11.8 Å². The molecule has 0 radical (unpaired) electrons. The van der Waals surface area contributed by atoms with Crippen LogP contribution in [0.5, 0.6) is 0 Å². The van der Waals surface area contributed by atoms with Crippen LogP contribution in [0.4, 0.5) is 5.69 Å². The van der Waals surface area contributed by atoms with E-state index in [4.69, 9.17) is 0 Å². The van der Waals surface area contributed by atoms with Gasteiger partial charge in [-0.2, -0.15) is 0 Å². The molecule has 5 aromatic rings. The molecule has 248 valence electrons. The van der Waals surface area contributed by atoms with E-state index in [0.29, 0.717) is 41.3 Å². The van der Waals surface area contributed by atoms with Crippen molar-refractivity contribution in [3.8, 4) is 11.3 Å². The van der Waals surface area contributed by atoms with Crippen molar-refractivity contribution in [1.29, 1.82) is 0 Å². The molecule has 48 heavy (non-hydrogen) atoms. The van der Waals surface area contributed by atoms with Crippen LogP contribution in [0.25, 0.3) is 11.3 Å². The van der Waals surface area contributed by atoms with Gasteiger partial charge in [0.05, 0.1) is 36.3 Å². The molecular formula is C38H42N6O3S. The first kappa shape index (κ1) is 34.4. The Balaban J connectivity index is 1.42. The molecule has 2 aromatic carbocycles. The fourth-order valence-electron chi connectivity index (χ4n) is 5.42. The van der Waals surface area contributed by atoms with Crippen molar-refractivity contribution in [3.63, 3.8) is 0 Å². The van der Waals surface area contributed by atoms with Gasteiger partial charge in [-0.15, -0.1) is 11.3 Å². The van der Waals surface area contributed by atoms with Gasteiger partial charge in [0.2, 0.25) is 0 Å². The lowest BCUT2D eigenvalue weighted by atomic mass is 9.98. The van der Waals surface area contributed by atoms with Gasteiger partial charge in [0.15, 0.2) is 0 Å². The summed E-state index contributed by atoms with van der Waals surface area (Å²) in [6.07, 6.45) is 4.79. The third-order valence-electron chi connectivity index (χ3n) is 8.18. The van der Waals surface area contributed by atoms with E-state index in [1.807, 2.05) is 79.0 Å². The molecule has 0 bridgehead atoms. The summed E-state index contributed by atoms with van der Waals surface area (Å²) in [6.45, 7) is 6.76. The molecule has 9 nitrogen and oxygen atoms in total. The van der Waals surface area contributed by atoms with Gasteiger partial charge in [-0.05, 0) is 66.8 Å². The van der Waals surface area contributed by atoms with Crippen molar-refractivity contribution in [1.82, 2.24) is 25.2 Å². The van der Waals surface area contributed by atoms with Crippen molar-refractivity contribution >= 4 is 28.8 Å². The topological polar surface area (TPSA) is 112 Å². The van der Waals surface area contributed by atoms with E-state index in [0.717, 1.165) is 27.5 Å². The number of nitrogens with zero attached hydrogens (tertiary/aromatic N) is 5. The Morgan fingerprint density at radius 2 is 1.71 bits per heavy atom. The van der Waals surface area contributed by atoms with Crippen LogP contribution < -0.4 is 10.2 Å². The van der Waals surface area contributed by atoms with E-state index in [9.17, 15) is 14.7 Å². The first-order valence-corrected chi connectivity index (χ1v) is 16.9. The summed E-state index contributed by atoms with van der Waals surface area (Å²) in [5.41, 5.74) is 5.81. The predicted molar refractivity (Wildman–Crippen MR) is 191 cm³/mol. The largest absolute Gasteiger partial charge is 0.389 e. The number of aliphatic hydroxyl groups is 1. The lowest BCUT2D eigenvalue weighted by Gasteiger charge is -2.29. The lowest BCUT2D eigenvalue weighted by molar-refractivity contribution is 0.0785. The van der Waals surface area contributed by atoms with Crippen LogP contribution in [0, 0.1) is 6.92 Å². The number of carbonyl (C=O) groups is 2. The Labute approximate surface area is 286 Å². The number of hydrogen-bond acceptors (Lipinski definition) is 8. The molecule has 3 heterocycles. The van der Waals surface area contributed by atoms with Crippen molar-refractivity contribution < 1.29 is 14.7 Å². The lowest BCUT2D eigenvalue weighted by Crippen LogP contribution is -2.49. The Morgan fingerprint density at radius 1 is 0.958 bits per heavy atom. The molecule has 3 aromatic heterocycles. The summed E-state index contributed by atoms with van der Waals surface area (Å²) in [6, 6.07) is 21.8. The average molecular weight is 663 g/mol. The zero-order valence-corrected chi connectivity index (χ0v) is 28.8. The number of nitrogens with one attached hydrogen (secondary N) is 1. The molecule has 0 aliphatic carbocycles. The number of carbonyl (C=O) groups excluding carboxylic acids is 2. The van der Waals surface area contributed by atoms with E-state index in [1.165, 1.54) is 11.3 Å². The SMILES string of the molecule is Cc1csc(CN(C)C(=O)c2cc(C(=O)N[C@@H](Cc3ccccc3)[C@H](O)CN(C)c3cncc(C(C)C)c3)cc(-c3ccccn3)c2)n1. The number of thiazole rings is 1. The minimum atomic E-state index is -0.921. The van der Waals surface area contributed by atoms with Crippen LogP contribution in [0.15, 0.2) is 96.8 Å². The summed E-state index contributed by atoms with van der Waals surface area (Å²) in [5.74, 6) is -0.323. The Morgan fingerprint density at radius 3 is 2.40 bits per heavy atom. The van der Waals surface area contributed by atoms with Gasteiger partial charge < -0.3 is 20.2 Å². The molecule has 2 N–H and O–H groups in total. The average Bonchev–Trinajstić information content (AvgIpc) is 3.52. The first-order chi connectivity index (χ1) is 23.1. The van der Waals surface area contributed by atoms with Crippen molar-refractivity contribution in [2.45, 2.75) is 51.8 Å². The molecule has 10 heteroatoms. The standard InChI is InChI=1S/C38H42N6O3S/c1-25(2)31-19-32(21-39-20-31)43(4)22-35(45)34(15-27-11-7-6-8-12-27)42-37(46)29-16-28(33-13-9-10-14-40-33)17-30(18-29)38(47)44(5)23-36-41-26(3)24-48-36/h6-14,16-21,24-25,34-35,45H,15,22-23H2,1-5H3,(H,42,46)/t34-,35+/m0/s1. The summed E-state index contributed by atoms with van der Waals surface area (Å²) >= 11 is 1.50. The van der Waals surface area contributed by atoms with Crippen LogP contribution in [0.2, 0.25) is 0 Å². The number of benzene rings is 2. The Bertz CT molecular complexity index is 1830. The highest BCUT2D eigenvalue weighted by Crippen LogP contribution is 2.24. The summed E-state index contributed by atoms with van der Waals surface area (Å²) < 4.78 is 0. The van der Waals surface area contributed by atoms with Gasteiger partial charge in [0.1, 0.15) is 5.01 Å². The van der Waals surface area contributed by atoms with Gasteiger partial charge >= 0.3 is 0 Å². The minimum absolute atomic E-state index is 0.241. The fourth-order valence-corrected chi connectivity index (χ4v) is 6.24. The molecule has 0 fully saturated rings. The van der Waals surface area contributed by atoms with Crippen LogP contribution in [0.3, 0.4) is 0 Å². The second kappa shape index (κ2) is 15.8. The van der Waals surface area contributed by atoms with E-state index < -0.39 is 18.1 Å². The monoisotopic (exact) mass is 662 g/mol.